The number of carbonyl (C=O) groups excluding carboxylic acids is 1. The second kappa shape index (κ2) is 6.89. The zero-order valence-electron chi connectivity index (χ0n) is 12.4. The van der Waals surface area contributed by atoms with Gasteiger partial charge in [0.25, 0.3) is 0 Å². The molecule has 1 heterocycles. The lowest BCUT2D eigenvalue weighted by molar-refractivity contribution is -0.140. The largest absolute Gasteiger partial charge is 0.434 e. The Bertz CT molecular complexity index is 828. The topological polar surface area (TPSA) is 76.1 Å². The zero-order chi connectivity index (χ0) is 18.0. The quantitative estimate of drug-likeness (QED) is 0.866. The highest BCUT2D eigenvalue weighted by Crippen LogP contribution is 2.31. The van der Waals surface area contributed by atoms with Crippen LogP contribution in [0.1, 0.15) is 17.7 Å². The van der Waals surface area contributed by atoms with Crippen molar-refractivity contribution in [3.05, 3.63) is 40.9 Å². The number of anilines is 1. The van der Waals surface area contributed by atoms with E-state index in [1.165, 1.54) is 12.1 Å². The minimum Gasteiger partial charge on any atom is -0.302 e. The van der Waals surface area contributed by atoms with E-state index < -0.39 is 33.4 Å². The lowest BCUT2D eigenvalue weighted by Crippen LogP contribution is -2.17. The predicted molar refractivity (Wildman–Crippen MR) is 83.6 cm³/mol. The molecule has 0 saturated carbocycles. The first kappa shape index (κ1) is 18.4. The number of nitrogens with zero attached hydrogens (tertiary/aromatic N) is 1. The second-order valence-corrected chi connectivity index (χ2v) is 7.93. The minimum absolute atomic E-state index is 0.0921. The Balaban J connectivity index is 1.95. The van der Waals surface area contributed by atoms with Crippen molar-refractivity contribution in [1.29, 1.82) is 0 Å². The molecule has 130 valence electrons. The average molecular weight is 378 g/mol. The number of benzene rings is 1. The summed E-state index contributed by atoms with van der Waals surface area (Å²) in [5.41, 5.74) is -0.203. The number of carbonyl (C=O) groups is 1. The van der Waals surface area contributed by atoms with Crippen LogP contribution in [0.3, 0.4) is 0 Å². The first-order chi connectivity index (χ1) is 11.1. The summed E-state index contributed by atoms with van der Waals surface area (Å²) in [6.45, 7) is 1.81. The van der Waals surface area contributed by atoms with Gasteiger partial charge in [0.05, 0.1) is 10.6 Å². The third kappa shape index (κ3) is 4.78. The van der Waals surface area contributed by atoms with Gasteiger partial charge in [0.2, 0.25) is 5.91 Å². The highest BCUT2D eigenvalue weighted by molar-refractivity contribution is 7.91. The number of nitrogens with one attached hydrogen (secondary N) is 1. The number of alkyl halides is 3. The van der Waals surface area contributed by atoms with Gasteiger partial charge in [-0.2, -0.15) is 13.2 Å². The summed E-state index contributed by atoms with van der Waals surface area (Å²) in [6.07, 6.45) is -4.97. The van der Waals surface area contributed by atoms with E-state index in [9.17, 15) is 26.4 Å². The summed E-state index contributed by atoms with van der Waals surface area (Å²) in [5.74, 6) is -1.16. The van der Waals surface area contributed by atoms with Gasteiger partial charge in [-0.15, -0.1) is 11.3 Å². The highest BCUT2D eigenvalue weighted by atomic mass is 32.2. The molecule has 0 aliphatic rings. The van der Waals surface area contributed by atoms with Crippen LogP contribution in [0.4, 0.5) is 18.3 Å². The number of hydrogen-bond donors (Lipinski definition) is 1. The van der Waals surface area contributed by atoms with Crippen molar-refractivity contribution in [2.24, 2.45) is 0 Å². The normalized spacial score (nSPS) is 12.2. The summed E-state index contributed by atoms with van der Waals surface area (Å²) in [6, 6.07) is 6.17. The maximum Gasteiger partial charge on any atom is 0.434 e. The van der Waals surface area contributed by atoms with E-state index in [1.54, 1.807) is 12.1 Å². The standard InChI is InChI=1S/C14H13F3N2O3S2/c1-9-2-4-10(5-3-9)24(21,22)7-6-12(20)19-13-18-11(8-23-13)14(15,16)17/h2-5,8H,6-7H2,1H3,(H,18,19,20). The molecule has 1 aromatic heterocycles. The molecule has 1 N–H and O–H groups in total. The number of halogens is 3. The fourth-order valence-electron chi connectivity index (χ4n) is 1.73. The average Bonchev–Trinajstić information content (AvgIpc) is 2.94. The first-order valence-electron chi connectivity index (χ1n) is 6.70. The molecule has 0 aliphatic heterocycles. The van der Waals surface area contributed by atoms with E-state index in [-0.39, 0.29) is 16.4 Å². The molecule has 0 radical (unpaired) electrons. The summed E-state index contributed by atoms with van der Waals surface area (Å²) in [4.78, 5) is 15.1. The monoisotopic (exact) mass is 378 g/mol. The van der Waals surface area contributed by atoms with Crippen LogP contribution in [0.25, 0.3) is 0 Å². The molecule has 0 aliphatic carbocycles. The van der Waals surface area contributed by atoms with Gasteiger partial charge in [-0.05, 0) is 19.1 Å². The molecule has 0 fully saturated rings. The third-order valence-electron chi connectivity index (χ3n) is 3.02. The molecule has 5 nitrogen and oxygen atoms in total. The summed E-state index contributed by atoms with van der Waals surface area (Å²) in [7, 11) is -3.64. The molecule has 1 amide bonds. The Kier molecular flexibility index (Phi) is 5.29. The molecule has 1 aromatic carbocycles. The van der Waals surface area contributed by atoms with Gasteiger partial charge in [-0.3, -0.25) is 4.79 Å². The minimum atomic E-state index is -4.59. The van der Waals surface area contributed by atoms with Gasteiger partial charge in [0, 0.05) is 11.8 Å². The smallest absolute Gasteiger partial charge is 0.302 e. The Morgan fingerprint density at radius 1 is 1.25 bits per heavy atom. The van der Waals surface area contributed by atoms with Gasteiger partial charge in [0.1, 0.15) is 0 Å². The summed E-state index contributed by atoms with van der Waals surface area (Å²) < 4.78 is 61.4. The van der Waals surface area contributed by atoms with Crippen molar-refractivity contribution in [2.45, 2.75) is 24.4 Å². The third-order valence-corrected chi connectivity index (χ3v) is 5.51. The van der Waals surface area contributed by atoms with Crippen LogP contribution in [0.2, 0.25) is 0 Å². The van der Waals surface area contributed by atoms with Gasteiger partial charge in [-0.25, -0.2) is 13.4 Å². The van der Waals surface area contributed by atoms with E-state index >= 15 is 0 Å². The van der Waals surface area contributed by atoms with E-state index in [2.05, 4.69) is 10.3 Å². The van der Waals surface area contributed by atoms with Crippen LogP contribution in [-0.2, 0) is 20.8 Å². The Morgan fingerprint density at radius 3 is 2.42 bits per heavy atom. The zero-order valence-corrected chi connectivity index (χ0v) is 14.1. The lowest BCUT2D eigenvalue weighted by Gasteiger charge is -2.05. The molecule has 0 spiro atoms. The molecule has 0 atom stereocenters. The van der Waals surface area contributed by atoms with E-state index in [0.29, 0.717) is 11.3 Å². The van der Waals surface area contributed by atoms with Crippen LogP contribution >= 0.6 is 11.3 Å². The molecule has 10 heteroatoms. The molecule has 0 unspecified atom stereocenters. The number of thiazole rings is 1. The number of aryl methyl sites for hydroxylation is 1. The molecular weight excluding hydrogens is 365 g/mol. The van der Waals surface area contributed by atoms with Crippen LogP contribution in [0.5, 0.6) is 0 Å². The van der Waals surface area contributed by atoms with Gasteiger partial charge < -0.3 is 5.32 Å². The van der Waals surface area contributed by atoms with Crippen molar-refractivity contribution >= 4 is 32.2 Å². The number of rotatable bonds is 5. The highest BCUT2D eigenvalue weighted by Gasteiger charge is 2.33. The van der Waals surface area contributed by atoms with Gasteiger partial charge in [-0.1, -0.05) is 17.7 Å². The van der Waals surface area contributed by atoms with Crippen LogP contribution in [-0.4, -0.2) is 25.1 Å². The fraction of sp³-hybridized carbons (Fsp3) is 0.286. The van der Waals surface area contributed by atoms with E-state index in [0.717, 1.165) is 10.9 Å². The van der Waals surface area contributed by atoms with Crippen molar-refractivity contribution in [2.75, 3.05) is 11.1 Å². The van der Waals surface area contributed by atoms with E-state index in [4.69, 9.17) is 0 Å². The maximum atomic E-state index is 12.4. The first-order valence-corrected chi connectivity index (χ1v) is 9.23. The Labute approximate surface area is 140 Å². The second-order valence-electron chi connectivity index (χ2n) is 4.97. The van der Waals surface area contributed by atoms with Gasteiger partial charge in [0.15, 0.2) is 20.7 Å². The SMILES string of the molecule is Cc1ccc(S(=O)(=O)CCC(=O)Nc2nc(C(F)(F)F)cs2)cc1. The van der Waals surface area contributed by atoms with Crippen molar-refractivity contribution in [3.63, 3.8) is 0 Å². The van der Waals surface area contributed by atoms with Crippen LogP contribution in [0.15, 0.2) is 34.5 Å². The van der Waals surface area contributed by atoms with Crippen molar-refractivity contribution < 1.29 is 26.4 Å². The summed E-state index contributed by atoms with van der Waals surface area (Å²) in [5, 5.41) is 2.73. The van der Waals surface area contributed by atoms with E-state index in [1.807, 2.05) is 6.92 Å². The number of amides is 1. The number of aromatic nitrogens is 1. The fourth-order valence-corrected chi connectivity index (χ4v) is 3.71. The number of hydrogen-bond acceptors (Lipinski definition) is 5. The van der Waals surface area contributed by atoms with Crippen LogP contribution in [0, 0.1) is 6.92 Å². The van der Waals surface area contributed by atoms with Crippen molar-refractivity contribution in [1.82, 2.24) is 4.98 Å². The molecule has 24 heavy (non-hydrogen) atoms. The molecule has 0 saturated heterocycles. The number of sulfone groups is 1. The molecule has 2 rings (SSSR count). The predicted octanol–water partition coefficient (Wildman–Crippen LogP) is 3.27. The molecule has 2 aromatic rings. The lowest BCUT2D eigenvalue weighted by atomic mass is 10.2. The molecular formula is C14H13F3N2O3S2. The van der Waals surface area contributed by atoms with Crippen LogP contribution < -0.4 is 5.32 Å². The Morgan fingerprint density at radius 2 is 1.88 bits per heavy atom. The molecule has 0 bridgehead atoms. The Hall–Kier alpha value is -1.94. The van der Waals surface area contributed by atoms with Crippen molar-refractivity contribution in [3.8, 4) is 0 Å². The summed E-state index contributed by atoms with van der Waals surface area (Å²) >= 11 is 0.624. The maximum absolute atomic E-state index is 12.4. The van der Waals surface area contributed by atoms with Gasteiger partial charge >= 0.3 is 6.18 Å².